The molecular formula is C40H44N4O7. The van der Waals surface area contributed by atoms with Gasteiger partial charge in [0, 0.05) is 59.8 Å². The number of nitrogens with one attached hydrogen (secondary N) is 3. The van der Waals surface area contributed by atoms with Crippen LogP contribution in [0.4, 0.5) is 0 Å². The maximum Gasteiger partial charge on any atom is 0.333 e. The number of esters is 1. The van der Waals surface area contributed by atoms with Crippen LogP contribution in [0, 0.1) is 5.92 Å². The molecule has 11 nitrogen and oxygen atoms in total. The van der Waals surface area contributed by atoms with Crippen LogP contribution in [0.1, 0.15) is 63.8 Å². The lowest BCUT2D eigenvalue weighted by Crippen LogP contribution is -2.57. The van der Waals surface area contributed by atoms with E-state index in [4.69, 9.17) is 19.6 Å². The molecule has 51 heavy (non-hydrogen) atoms. The molecule has 8 rings (SSSR count). The molecule has 5 heterocycles. The Hall–Kier alpha value is -5.00. The van der Waals surface area contributed by atoms with Gasteiger partial charge in [-0.2, -0.15) is 0 Å². The van der Waals surface area contributed by atoms with Gasteiger partial charge >= 0.3 is 5.97 Å². The smallest absolute Gasteiger partial charge is 0.333 e. The molecule has 7 N–H and O–H groups in total. The Morgan fingerprint density at radius 1 is 1.20 bits per heavy atom. The Balaban J connectivity index is 1.43. The Morgan fingerprint density at radius 3 is 2.78 bits per heavy atom. The quantitative estimate of drug-likeness (QED) is 0.196. The molecule has 2 aliphatic carbocycles. The number of phenols is 1. The number of benzene rings is 1. The first-order valence-electron chi connectivity index (χ1n) is 17.8. The van der Waals surface area contributed by atoms with Crippen LogP contribution in [-0.2, 0) is 29.0 Å². The topological polar surface area (TPSA) is 168 Å². The largest absolute Gasteiger partial charge is 0.507 e. The summed E-state index contributed by atoms with van der Waals surface area (Å²) in [6, 6.07) is 1.19. The van der Waals surface area contributed by atoms with Gasteiger partial charge in [-0.1, -0.05) is 30.7 Å². The van der Waals surface area contributed by atoms with Crippen LogP contribution in [0.3, 0.4) is 0 Å². The molecule has 1 aromatic carbocycles. The molecule has 266 valence electrons. The standard InChI is InChI=1S/C40H44N4O7/c1-5-19(3)39(48)50-30-16-26-35(47)34-29(46)15-24(18-45)49-37(34)27-12-21-9-10-43-38(41)33(21)25-8-7-20-11-22-14-31(42-6-2)44-17-23(22)13-28(32(20)25)40(30,4)51-36(26)27/h5,8-9,14-15,17,28,30-31,42-45,47H,6-7,10-13,16,18,41H2,1-4H3. The Bertz CT molecular complexity index is 2180. The van der Waals surface area contributed by atoms with E-state index in [1.54, 1.807) is 19.9 Å². The fourth-order valence-electron chi connectivity index (χ4n) is 8.71. The van der Waals surface area contributed by atoms with Gasteiger partial charge in [-0.3, -0.25) is 10.1 Å². The van der Waals surface area contributed by atoms with Crippen molar-refractivity contribution < 1.29 is 28.9 Å². The highest BCUT2D eigenvalue weighted by atomic mass is 16.6. The van der Waals surface area contributed by atoms with Crippen LogP contribution < -0.4 is 31.8 Å². The molecule has 2 aromatic rings. The number of phenolic OH excluding ortho intramolecular Hbond substituents is 1. The molecule has 11 heteroatoms. The van der Waals surface area contributed by atoms with E-state index in [-0.39, 0.29) is 47.4 Å². The number of likely N-dealkylation sites (N-methyl/N-ethyl adjacent to an activating group) is 1. The van der Waals surface area contributed by atoms with Crippen LogP contribution in [0.15, 0.2) is 96.2 Å². The first-order valence-corrected chi connectivity index (χ1v) is 17.8. The predicted octanol–water partition coefficient (Wildman–Crippen LogP) is 4.20. The molecule has 4 atom stereocenters. The number of ether oxygens (including phenoxy) is 2. The minimum atomic E-state index is -1.15. The second-order valence-electron chi connectivity index (χ2n) is 14.3. The number of carbonyl (C=O) groups excluding carboxylic acids is 1. The Kier molecular flexibility index (Phi) is 8.03. The number of nitrogens with two attached hydrogens (primary N) is 1. The normalized spacial score (nSPS) is 26.6. The van der Waals surface area contributed by atoms with E-state index in [9.17, 15) is 19.8 Å². The number of carbonyl (C=O) groups is 1. The summed E-state index contributed by atoms with van der Waals surface area (Å²) < 4.78 is 19.9. The van der Waals surface area contributed by atoms with Crippen molar-refractivity contribution in [1.82, 2.24) is 16.0 Å². The number of hydrogen-bond acceptors (Lipinski definition) is 11. The Morgan fingerprint density at radius 2 is 2.02 bits per heavy atom. The highest BCUT2D eigenvalue weighted by molar-refractivity contribution is 5.92. The molecule has 0 saturated carbocycles. The number of dihydropyridines is 2. The van der Waals surface area contributed by atoms with Gasteiger partial charge in [0.25, 0.3) is 0 Å². The van der Waals surface area contributed by atoms with Gasteiger partial charge in [-0.25, -0.2) is 4.79 Å². The number of rotatable bonds is 5. The van der Waals surface area contributed by atoms with Crippen LogP contribution in [0.2, 0.25) is 0 Å². The van der Waals surface area contributed by atoms with Gasteiger partial charge in [-0.15, -0.1) is 0 Å². The summed E-state index contributed by atoms with van der Waals surface area (Å²) in [5.41, 5.74) is 14.4. The summed E-state index contributed by atoms with van der Waals surface area (Å²) in [6.45, 7) is 8.41. The second kappa shape index (κ2) is 12.3. The van der Waals surface area contributed by atoms with Crippen molar-refractivity contribution in [2.24, 2.45) is 11.7 Å². The summed E-state index contributed by atoms with van der Waals surface area (Å²) in [4.78, 5) is 27.2. The molecule has 1 aromatic heterocycles. The summed E-state index contributed by atoms with van der Waals surface area (Å²) in [5.74, 6) is -0.0626. The van der Waals surface area contributed by atoms with Crippen LogP contribution in [0.5, 0.6) is 11.5 Å². The number of allylic oxidation sites excluding steroid dienone is 8. The van der Waals surface area contributed by atoms with E-state index in [0.29, 0.717) is 41.2 Å². The monoisotopic (exact) mass is 692 g/mol. The SMILES string of the molecule is CC=C(C)C(=O)OC1Cc2c3c(c4oc(CO)cc(=O)c4c2O)CC2=CCNC(N)=C2C2=CCC4=C2C(CC2=CNC(NCC)C=C2C4)C1(C)O3. The van der Waals surface area contributed by atoms with E-state index in [0.717, 1.165) is 47.3 Å². The van der Waals surface area contributed by atoms with Crippen molar-refractivity contribution in [2.45, 2.75) is 84.3 Å². The number of aliphatic hydroxyl groups excluding tert-OH is 1. The molecule has 4 aliphatic heterocycles. The second-order valence-corrected chi connectivity index (χ2v) is 14.3. The molecular weight excluding hydrogens is 648 g/mol. The maximum absolute atomic E-state index is 13.6. The van der Waals surface area contributed by atoms with E-state index in [2.05, 4.69) is 47.3 Å². The van der Waals surface area contributed by atoms with E-state index < -0.39 is 29.7 Å². The third-order valence-corrected chi connectivity index (χ3v) is 11.5. The lowest BCUT2D eigenvalue weighted by molar-refractivity contribution is -0.162. The van der Waals surface area contributed by atoms with Crippen molar-refractivity contribution in [3.63, 3.8) is 0 Å². The highest BCUT2D eigenvalue weighted by Crippen LogP contribution is 2.57. The molecule has 0 fully saturated rings. The summed E-state index contributed by atoms with van der Waals surface area (Å²) >= 11 is 0. The number of hydrogen-bond donors (Lipinski definition) is 6. The van der Waals surface area contributed by atoms with E-state index in [1.807, 2.05) is 6.92 Å². The molecule has 0 amide bonds. The van der Waals surface area contributed by atoms with Crippen molar-refractivity contribution >= 4 is 16.9 Å². The van der Waals surface area contributed by atoms with Gasteiger partial charge in [0.2, 0.25) is 0 Å². The lowest BCUT2D eigenvalue weighted by atomic mass is 9.69. The third kappa shape index (κ3) is 5.16. The van der Waals surface area contributed by atoms with Crippen molar-refractivity contribution in [3.05, 3.63) is 114 Å². The average molecular weight is 693 g/mol. The lowest BCUT2D eigenvalue weighted by Gasteiger charge is -2.48. The minimum Gasteiger partial charge on any atom is -0.507 e. The van der Waals surface area contributed by atoms with Crippen LogP contribution >= 0.6 is 0 Å². The summed E-state index contributed by atoms with van der Waals surface area (Å²) in [5, 5.41) is 32.3. The zero-order valence-corrected chi connectivity index (χ0v) is 29.4. The van der Waals surface area contributed by atoms with Crippen LogP contribution in [-0.4, -0.2) is 47.1 Å². The average Bonchev–Trinajstić information content (AvgIpc) is 3.43. The van der Waals surface area contributed by atoms with E-state index in [1.165, 1.54) is 17.2 Å². The zero-order chi connectivity index (χ0) is 35.8. The molecule has 2 bridgehead atoms. The van der Waals surface area contributed by atoms with Gasteiger partial charge in [0.15, 0.2) is 11.0 Å². The zero-order valence-electron chi connectivity index (χ0n) is 29.4. The molecule has 6 aliphatic rings. The predicted molar refractivity (Wildman–Crippen MR) is 192 cm³/mol. The van der Waals surface area contributed by atoms with Gasteiger partial charge in [0.05, 0.1) is 6.17 Å². The third-order valence-electron chi connectivity index (χ3n) is 11.5. The van der Waals surface area contributed by atoms with Crippen molar-refractivity contribution in [2.75, 3.05) is 13.1 Å². The van der Waals surface area contributed by atoms with Crippen molar-refractivity contribution in [3.8, 4) is 11.5 Å². The number of aliphatic hydroxyl groups is 1. The molecule has 0 spiro atoms. The maximum atomic E-state index is 13.6. The van der Waals surface area contributed by atoms with Gasteiger partial charge in [-0.05, 0) is 80.5 Å². The van der Waals surface area contributed by atoms with Crippen molar-refractivity contribution in [1.29, 1.82) is 0 Å². The van der Waals surface area contributed by atoms with E-state index >= 15 is 0 Å². The number of fused-ring (bicyclic) bond motifs is 7. The van der Waals surface area contributed by atoms with Gasteiger partial charge < -0.3 is 40.5 Å². The van der Waals surface area contributed by atoms with Crippen LogP contribution in [0.25, 0.3) is 11.0 Å². The summed E-state index contributed by atoms with van der Waals surface area (Å²) in [6.07, 6.45) is 12.0. The number of aromatic hydroxyl groups is 1. The molecule has 0 radical (unpaired) electrons. The minimum absolute atomic E-state index is 0.00360. The fourth-order valence-corrected chi connectivity index (χ4v) is 8.71. The first-order chi connectivity index (χ1) is 24.6. The molecule has 4 unspecified atom stereocenters. The van der Waals surface area contributed by atoms with Gasteiger partial charge in [0.1, 0.15) is 46.8 Å². The molecule has 0 saturated heterocycles. The highest BCUT2D eigenvalue weighted by Gasteiger charge is 2.55. The summed E-state index contributed by atoms with van der Waals surface area (Å²) in [7, 11) is 0. The Labute approximate surface area is 295 Å². The fraction of sp³-hybridized carbons (Fsp3) is 0.400. The first kappa shape index (κ1) is 33.2.